The van der Waals surface area contributed by atoms with Crippen LogP contribution in [-0.2, 0) is 4.79 Å². The van der Waals surface area contributed by atoms with E-state index in [0.29, 0.717) is 11.4 Å². The number of carbonyl (C=O) groups is 1. The number of rotatable bonds is 5. The fourth-order valence-corrected chi connectivity index (χ4v) is 1.85. The van der Waals surface area contributed by atoms with Crippen molar-refractivity contribution < 1.29 is 14.5 Å². The van der Waals surface area contributed by atoms with Gasteiger partial charge in [0, 0.05) is 12.1 Å². The second kappa shape index (κ2) is 6.71. The molecule has 0 aromatic heterocycles. The Hall–Kier alpha value is -2.89. The summed E-state index contributed by atoms with van der Waals surface area (Å²) in [5, 5.41) is 13.5. The molecule has 0 bridgehead atoms. The molecule has 0 aliphatic carbocycles. The van der Waals surface area contributed by atoms with Crippen molar-refractivity contribution in [1.82, 2.24) is 0 Å². The van der Waals surface area contributed by atoms with Crippen molar-refractivity contribution >= 4 is 17.3 Å². The summed E-state index contributed by atoms with van der Waals surface area (Å²) in [4.78, 5) is 22.4. The van der Waals surface area contributed by atoms with Gasteiger partial charge in [0.1, 0.15) is 5.75 Å². The van der Waals surface area contributed by atoms with Gasteiger partial charge in [0.05, 0.1) is 10.6 Å². The summed E-state index contributed by atoms with van der Waals surface area (Å²) in [6.45, 7) is 3.39. The molecule has 1 atom stereocenters. The lowest BCUT2D eigenvalue weighted by atomic mass is 10.1. The number of nitro groups is 1. The molecule has 1 N–H and O–H groups in total. The number of nitrogens with zero attached hydrogens (tertiary/aromatic N) is 1. The number of aryl methyl sites for hydroxylation is 1. The van der Waals surface area contributed by atoms with Gasteiger partial charge in [0.2, 0.25) is 0 Å². The molecule has 2 aromatic rings. The molecule has 0 heterocycles. The van der Waals surface area contributed by atoms with E-state index in [1.54, 1.807) is 32.0 Å². The Labute approximate surface area is 127 Å². The SMILES string of the molecule is Cc1ccc([N+](=O)[O-])cc1NC(=O)C(C)Oc1ccccc1. The number of non-ortho nitro benzene ring substituents is 1. The van der Waals surface area contributed by atoms with Crippen molar-refractivity contribution in [2.45, 2.75) is 20.0 Å². The molecule has 22 heavy (non-hydrogen) atoms. The van der Waals surface area contributed by atoms with E-state index in [-0.39, 0.29) is 11.6 Å². The summed E-state index contributed by atoms with van der Waals surface area (Å²) in [5.74, 6) is 0.216. The number of para-hydroxylation sites is 1. The van der Waals surface area contributed by atoms with Gasteiger partial charge in [0.15, 0.2) is 6.10 Å². The molecule has 2 aromatic carbocycles. The van der Waals surface area contributed by atoms with Crippen LogP contribution < -0.4 is 10.1 Å². The maximum Gasteiger partial charge on any atom is 0.271 e. The summed E-state index contributed by atoms with van der Waals surface area (Å²) in [6.07, 6.45) is -0.721. The van der Waals surface area contributed by atoms with Gasteiger partial charge in [-0.3, -0.25) is 14.9 Å². The van der Waals surface area contributed by atoms with Gasteiger partial charge < -0.3 is 10.1 Å². The highest BCUT2D eigenvalue weighted by atomic mass is 16.6. The lowest BCUT2D eigenvalue weighted by molar-refractivity contribution is -0.384. The van der Waals surface area contributed by atoms with Crippen molar-refractivity contribution in [1.29, 1.82) is 0 Å². The summed E-state index contributed by atoms with van der Waals surface area (Å²) in [7, 11) is 0. The van der Waals surface area contributed by atoms with E-state index in [1.807, 2.05) is 18.2 Å². The van der Waals surface area contributed by atoms with Crippen LogP contribution in [0.1, 0.15) is 12.5 Å². The van der Waals surface area contributed by atoms with E-state index < -0.39 is 11.0 Å². The van der Waals surface area contributed by atoms with Gasteiger partial charge in [0.25, 0.3) is 11.6 Å². The van der Waals surface area contributed by atoms with Crippen LogP contribution in [0, 0.1) is 17.0 Å². The van der Waals surface area contributed by atoms with Crippen LogP contribution in [0.25, 0.3) is 0 Å². The van der Waals surface area contributed by atoms with Crippen molar-refractivity contribution in [2.75, 3.05) is 5.32 Å². The van der Waals surface area contributed by atoms with Crippen molar-refractivity contribution in [3.05, 3.63) is 64.2 Å². The van der Waals surface area contributed by atoms with E-state index in [9.17, 15) is 14.9 Å². The molecule has 2 rings (SSSR count). The predicted molar refractivity (Wildman–Crippen MR) is 83.0 cm³/mol. The van der Waals surface area contributed by atoms with Gasteiger partial charge in [-0.05, 0) is 31.5 Å². The number of hydrogen-bond acceptors (Lipinski definition) is 4. The molecule has 0 saturated carbocycles. The zero-order valence-electron chi connectivity index (χ0n) is 12.3. The molecule has 6 nitrogen and oxygen atoms in total. The van der Waals surface area contributed by atoms with Crippen LogP contribution in [0.2, 0.25) is 0 Å². The number of nitro benzene ring substituents is 1. The third kappa shape index (κ3) is 3.82. The summed E-state index contributed by atoms with van der Waals surface area (Å²) in [5.41, 5.74) is 1.08. The number of ether oxygens (including phenoxy) is 1. The maximum atomic E-state index is 12.1. The Morgan fingerprint density at radius 2 is 1.91 bits per heavy atom. The lowest BCUT2D eigenvalue weighted by Gasteiger charge is -2.15. The quantitative estimate of drug-likeness (QED) is 0.678. The summed E-state index contributed by atoms with van der Waals surface area (Å²) >= 11 is 0. The third-order valence-corrected chi connectivity index (χ3v) is 3.12. The fraction of sp³-hybridized carbons (Fsp3) is 0.188. The minimum Gasteiger partial charge on any atom is -0.481 e. The Morgan fingerprint density at radius 3 is 2.55 bits per heavy atom. The molecule has 0 fully saturated rings. The highest BCUT2D eigenvalue weighted by Gasteiger charge is 2.17. The monoisotopic (exact) mass is 300 g/mol. The number of hydrogen-bond donors (Lipinski definition) is 1. The van der Waals surface area contributed by atoms with Gasteiger partial charge in [-0.1, -0.05) is 24.3 Å². The van der Waals surface area contributed by atoms with E-state index in [1.165, 1.54) is 12.1 Å². The minimum absolute atomic E-state index is 0.0717. The fourth-order valence-electron chi connectivity index (χ4n) is 1.85. The Morgan fingerprint density at radius 1 is 1.23 bits per heavy atom. The van der Waals surface area contributed by atoms with E-state index >= 15 is 0 Å². The van der Waals surface area contributed by atoms with Crippen molar-refractivity contribution in [3.8, 4) is 5.75 Å². The highest BCUT2D eigenvalue weighted by molar-refractivity contribution is 5.95. The number of nitrogens with one attached hydrogen (secondary N) is 1. The van der Waals surface area contributed by atoms with Gasteiger partial charge >= 0.3 is 0 Å². The number of carbonyl (C=O) groups excluding carboxylic acids is 1. The van der Waals surface area contributed by atoms with E-state index in [2.05, 4.69) is 5.32 Å². The molecular formula is C16H16N2O4. The average Bonchev–Trinajstić information content (AvgIpc) is 2.50. The molecule has 0 saturated heterocycles. The second-order valence-electron chi connectivity index (χ2n) is 4.82. The zero-order chi connectivity index (χ0) is 16.1. The normalized spacial score (nSPS) is 11.5. The van der Waals surface area contributed by atoms with Crippen molar-refractivity contribution in [3.63, 3.8) is 0 Å². The molecule has 0 radical (unpaired) electrons. The van der Waals surface area contributed by atoms with Gasteiger partial charge in [-0.2, -0.15) is 0 Å². The van der Waals surface area contributed by atoms with Crippen LogP contribution in [0.15, 0.2) is 48.5 Å². The Bertz CT molecular complexity index is 686. The molecule has 114 valence electrons. The molecule has 1 unspecified atom stereocenters. The Kier molecular flexibility index (Phi) is 4.73. The standard InChI is InChI=1S/C16H16N2O4/c1-11-8-9-13(18(20)21)10-15(11)17-16(19)12(2)22-14-6-4-3-5-7-14/h3-10,12H,1-2H3,(H,17,19). The van der Waals surface area contributed by atoms with Crippen molar-refractivity contribution in [2.24, 2.45) is 0 Å². The number of benzene rings is 2. The highest BCUT2D eigenvalue weighted by Crippen LogP contribution is 2.22. The van der Waals surface area contributed by atoms with Crippen LogP contribution in [-0.4, -0.2) is 16.9 Å². The van der Waals surface area contributed by atoms with Gasteiger partial charge in [-0.25, -0.2) is 0 Å². The van der Waals surface area contributed by atoms with Crippen LogP contribution in [0.4, 0.5) is 11.4 Å². The van der Waals surface area contributed by atoms with E-state index in [0.717, 1.165) is 5.56 Å². The molecular weight excluding hydrogens is 284 g/mol. The van der Waals surface area contributed by atoms with Crippen LogP contribution in [0.5, 0.6) is 5.75 Å². The minimum atomic E-state index is -0.721. The largest absolute Gasteiger partial charge is 0.481 e. The first-order valence-corrected chi connectivity index (χ1v) is 6.75. The average molecular weight is 300 g/mol. The first-order valence-electron chi connectivity index (χ1n) is 6.75. The van der Waals surface area contributed by atoms with E-state index in [4.69, 9.17) is 4.74 Å². The van der Waals surface area contributed by atoms with Gasteiger partial charge in [-0.15, -0.1) is 0 Å². The molecule has 0 aliphatic heterocycles. The number of amides is 1. The van der Waals surface area contributed by atoms with Crippen LogP contribution >= 0.6 is 0 Å². The zero-order valence-corrected chi connectivity index (χ0v) is 12.3. The molecule has 1 amide bonds. The van der Waals surface area contributed by atoms with Crippen LogP contribution in [0.3, 0.4) is 0 Å². The first kappa shape index (κ1) is 15.5. The third-order valence-electron chi connectivity index (χ3n) is 3.12. The topological polar surface area (TPSA) is 81.5 Å². The number of anilines is 1. The smallest absolute Gasteiger partial charge is 0.271 e. The summed E-state index contributed by atoms with van der Waals surface area (Å²) in [6, 6.07) is 13.3. The second-order valence-corrected chi connectivity index (χ2v) is 4.82. The summed E-state index contributed by atoms with van der Waals surface area (Å²) < 4.78 is 5.52. The first-order chi connectivity index (χ1) is 10.5. The predicted octanol–water partition coefficient (Wildman–Crippen LogP) is 3.31. The lowest BCUT2D eigenvalue weighted by Crippen LogP contribution is -2.30. The Balaban J connectivity index is 2.08. The maximum absolute atomic E-state index is 12.1. The molecule has 0 aliphatic rings. The molecule has 0 spiro atoms. The molecule has 6 heteroatoms.